The molecule has 4 unspecified atom stereocenters. The Morgan fingerprint density at radius 3 is 2.15 bits per heavy atom. The summed E-state index contributed by atoms with van der Waals surface area (Å²) in [7, 11) is 1.55. The van der Waals surface area contributed by atoms with E-state index in [2.05, 4.69) is 26.2 Å². The van der Waals surface area contributed by atoms with E-state index in [-0.39, 0.29) is 23.4 Å². The van der Waals surface area contributed by atoms with Crippen LogP contribution in [-0.4, -0.2) is 72.6 Å². The third-order valence-electron chi connectivity index (χ3n) is 10.5. The van der Waals surface area contributed by atoms with E-state index in [1.54, 1.807) is 40.0 Å². The second-order valence-corrected chi connectivity index (χ2v) is 15.6. The number of methoxy groups -OCH3 is 1. The average molecular weight is 808 g/mol. The van der Waals surface area contributed by atoms with Crippen LogP contribution in [-0.2, 0) is 24.6 Å². The number of carbonyl (C=O) groups is 2. The standard InChI is InChI=1S/C45H50FN5O8/c1-7-9-10-17-22-34(39(52)53)36-43(55,8-2)40(51-29-49-35-37(47-28-48-38(35)51)50-41(54)59-42(3,4)5)58-44(36,46)27-57-45(30-18-13-11-14-19-30,31-20-15-12-16-21-31)32-23-25-33(56-6)26-24-32/h2,11-16,18-21,23-26,28-29,34,36,40,55H,7,9-10,17,22,27H2,1,3-6H3,(H,52,53)(H,47,48,50,54)/t34-,36?,40?,43?,44?/m0/s1. The first-order chi connectivity index (χ1) is 28.2. The smallest absolute Gasteiger partial charge is 0.413 e. The number of aliphatic carboxylic acids is 1. The minimum Gasteiger partial charge on any atom is -0.497 e. The fourth-order valence-electron chi connectivity index (χ4n) is 7.86. The normalized spacial score (nSPS) is 21.1. The Labute approximate surface area is 342 Å². The number of nitrogens with one attached hydrogen (secondary N) is 1. The molecule has 310 valence electrons. The van der Waals surface area contributed by atoms with Gasteiger partial charge in [-0.3, -0.25) is 14.7 Å². The number of aromatic nitrogens is 4. The highest BCUT2D eigenvalue weighted by molar-refractivity contribution is 5.93. The summed E-state index contributed by atoms with van der Waals surface area (Å²) in [6, 6.07) is 25.6. The van der Waals surface area contributed by atoms with Crippen LogP contribution in [0.1, 0.15) is 82.7 Å². The second kappa shape index (κ2) is 17.5. The van der Waals surface area contributed by atoms with Gasteiger partial charge in [0.05, 0.1) is 25.3 Å². The van der Waals surface area contributed by atoms with Crippen molar-refractivity contribution in [2.75, 3.05) is 19.0 Å². The number of fused-ring (bicyclic) bond motifs is 1. The summed E-state index contributed by atoms with van der Waals surface area (Å²) in [6.07, 6.45) is 8.71. The van der Waals surface area contributed by atoms with Gasteiger partial charge >= 0.3 is 12.1 Å². The van der Waals surface area contributed by atoms with Crippen molar-refractivity contribution in [3.8, 4) is 18.1 Å². The van der Waals surface area contributed by atoms with Gasteiger partial charge in [0.1, 0.15) is 29.9 Å². The number of imidazole rings is 1. The van der Waals surface area contributed by atoms with Crippen LogP contribution in [0.5, 0.6) is 5.75 Å². The second-order valence-electron chi connectivity index (χ2n) is 15.6. The van der Waals surface area contributed by atoms with Crippen molar-refractivity contribution in [3.05, 3.63) is 114 Å². The highest BCUT2D eigenvalue weighted by atomic mass is 19.2. The van der Waals surface area contributed by atoms with Gasteiger partial charge in [0, 0.05) is 0 Å². The molecule has 3 aromatic carbocycles. The molecule has 13 nitrogen and oxygen atoms in total. The van der Waals surface area contributed by atoms with Crippen LogP contribution < -0.4 is 10.1 Å². The van der Waals surface area contributed by atoms with Gasteiger partial charge in [0.2, 0.25) is 5.85 Å². The minimum absolute atomic E-state index is 0.00428. The maximum absolute atomic E-state index is 18.7. The lowest BCUT2D eigenvalue weighted by Crippen LogP contribution is -2.52. The number of anilines is 1. The minimum atomic E-state index is -3.04. The van der Waals surface area contributed by atoms with Crippen molar-refractivity contribution >= 4 is 29.0 Å². The Morgan fingerprint density at radius 2 is 1.59 bits per heavy atom. The van der Waals surface area contributed by atoms with E-state index >= 15 is 4.39 Å². The van der Waals surface area contributed by atoms with Crippen molar-refractivity contribution in [3.63, 3.8) is 0 Å². The zero-order chi connectivity index (χ0) is 42.4. The first-order valence-electron chi connectivity index (χ1n) is 19.6. The number of alkyl halides is 1. The topological polar surface area (TPSA) is 167 Å². The summed E-state index contributed by atoms with van der Waals surface area (Å²) in [4.78, 5) is 38.9. The molecule has 0 aliphatic carbocycles. The van der Waals surface area contributed by atoms with Crippen LogP contribution in [0.2, 0.25) is 0 Å². The summed E-state index contributed by atoms with van der Waals surface area (Å²) < 4.78 is 43.9. The molecule has 3 heterocycles. The van der Waals surface area contributed by atoms with E-state index in [4.69, 9.17) is 25.4 Å². The molecule has 5 aromatic rings. The molecule has 59 heavy (non-hydrogen) atoms. The predicted octanol–water partition coefficient (Wildman–Crippen LogP) is 8.04. The molecule has 0 saturated carbocycles. The highest BCUT2D eigenvalue weighted by Crippen LogP contribution is 2.55. The highest BCUT2D eigenvalue weighted by Gasteiger charge is 2.69. The summed E-state index contributed by atoms with van der Waals surface area (Å²) in [5, 5.41) is 26.0. The van der Waals surface area contributed by atoms with E-state index < -0.39 is 59.4 Å². The number of halogens is 1. The zero-order valence-corrected chi connectivity index (χ0v) is 33.8. The van der Waals surface area contributed by atoms with Crippen LogP contribution >= 0.6 is 0 Å². The van der Waals surface area contributed by atoms with Gasteiger partial charge in [-0.05, 0) is 56.0 Å². The first kappa shape index (κ1) is 42.7. The van der Waals surface area contributed by atoms with E-state index in [0.717, 1.165) is 19.2 Å². The maximum atomic E-state index is 18.7. The van der Waals surface area contributed by atoms with Gasteiger partial charge in [-0.25, -0.2) is 24.1 Å². The number of carbonyl (C=O) groups excluding carboxylic acids is 1. The van der Waals surface area contributed by atoms with Crippen molar-refractivity contribution in [1.29, 1.82) is 0 Å². The SMILES string of the molecule is C#CC1(O)C(n2cnc3c(NC(=O)OC(C)(C)C)ncnc32)OC(F)(COC(c2ccccc2)(c2ccccc2)c2ccc(OC)cc2)C1[C@H](CCCCCC)C(=O)O. The van der Waals surface area contributed by atoms with Gasteiger partial charge in [-0.2, -0.15) is 0 Å². The Balaban J connectivity index is 1.50. The quantitative estimate of drug-likeness (QED) is 0.0502. The fraction of sp³-hybridized carbons (Fsp3) is 0.400. The Morgan fingerprint density at radius 1 is 0.966 bits per heavy atom. The number of nitrogens with zero attached hydrogens (tertiary/aromatic N) is 4. The van der Waals surface area contributed by atoms with Crippen LogP contribution in [0.25, 0.3) is 11.2 Å². The van der Waals surface area contributed by atoms with Crippen LogP contribution in [0.3, 0.4) is 0 Å². The Hall–Kier alpha value is -5.88. The van der Waals surface area contributed by atoms with Gasteiger partial charge in [-0.15, -0.1) is 6.42 Å². The van der Waals surface area contributed by atoms with E-state index in [9.17, 15) is 19.8 Å². The third kappa shape index (κ3) is 8.64. The molecule has 14 heteroatoms. The molecule has 1 amide bonds. The number of terminal acetylenes is 1. The van der Waals surface area contributed by atoms with Gasteiger partial charge in [-0.1, -0.05) is 111 Å². The lowest BCUT2D eigenvalue weighted by Gasteiger charge is -2.40. The molecule has 5 atom stereocenters. The summed E-state index contributed by atoms with van der Waals surface area (Å²) in [6.45, 7) is 6.24. The summed E-state index contributed by atoms with van der Waals surface area (Å²) >= 11 is 0. The van der Waals surface area contributed by atoms with E-state index in [1.807, 2.05) is 79.7 Å². The molecular formula is C45H50FN5O8. The van der Waals surface area contributed by atoms with E-state index in [1.165, 1.54) is 10.9 Å². The molecule has 0 spiro atoms. The third-order valence-corrected chi connectivity index (χ3v) is 10.5. The molecule has 1 aliphatic heterocycles. The molecule has 2 aromatic heterocycles. The lowest BCUT2D eigenvalue weighted by atomic mass is 9.73. The number of unbranched alkanes of at least 4 members (excludes halogenated alkanes) is 3. The van der Waals surface area contributed by atoms with Crippen LogP contribution in [0, 0.1) is 24.2 Å². The first-order valence-corrected chi connectivity index (χ1v) is 19.6. The molecule has 1 aliphatic rings. The predicted molar refractivity (Wildman–Crippen MR) is 218 cm³/mol. The van der Waals surface area contributed by atoms with Gasteiger partial charge in [0.15, 0.2) is 28.8 Å². The van der Waals surface area contributed by atoms with E-state index in [0.29, 0.717) is 35.3 Å². The van der Waals surface area contributed by atoms with Crippen molar-refractivity contribution < 1.29 is 43.1 Å². The summed E-state index contributed by atoms with van der Waals surface area (Å²) in [5.41, 5.74) is -2.99. The Bertz CT molecular complexity index is 2220. The number of amides is 1. The molecule has 1 saturated heterocycles. The largest absolute Gasteiger partial charge is 0.497 e. The maximum Gasteiger partial charge on any atom is 0.413 e. The fourth-order valence-corrected chi connectivity index (χ4v) is 7.86. The lowest BCUT2D eigenvalue weighted by molar-refractivity contribution is -0.224. The molecule has 0 bridgehead atoms. The van der Waals surface area contributed by atoms with Crippen LogP contribution in [0.15, 0.2) is 97.6 Å². The van der Waals surface area contributed by atoms with Crippen molar-refractivity contribution in [1.82, 2.24) is 19.5 Å². The van der Waals surface area contributed by atoms with Gasteiger partial charge in [0.25, 0.3) is 0 Å². The van der Waals surface area contributed by atoms with Crippen LogP contribution in [0.4, 0.5) is 15.0 Å². The number of rotatable bonds is 16. The number of carboxylic acid groups (broad SMARTS) is 1. The molecule has 0 radical (unpaired) electrons. The number of hydrogen-bond donors (Lipinski definition) is 3. The number of ether oxygens (including phenoxy) is 4. The Kier molecular flexibility index (Phi) is 12.7. The molecule has 1 fully saturated rings. The number of benzene rings is 3. The van der Waals surface area contributed by atoms with Gasteiger partial charge < -0.3 is 29.2 Å². The molecular weight excluding hydrogens is 758 g/mol. The van der Waals surface area contributed by atoms with Crippen molar-refractivity contribution in [2.24, 2.45) is 11.8 Å². The molecule has 3 N–H and O–H groups in total. The molecule has 6 rings (SSSR count). The van der Waals surface area contributed by atoms with Crippen molar-refractivity contribution in [2.45, 2.75) is 88.7 Å². The monoisotopic (exact) mass is 807 g/mol. The average Bonchev–Trinajstić information content (AvgIpc) is 3.75. The number of carboxylic acids is 1. The number of hydrogen-bond acceptors (Lipinski definition) is 10. The zero-order valence-electron chi connectivity index (χ0n) is 33.8. The number of aliphatic hydroxyl groups is 1. The summed E-state index contributed by atoms with van der Waals surface area (Å²) in [5.74, 6) is -4.91.